The molecule has 3 heterocycles. The Hall–Kier alpha value is -1.94. The monoisotopic (exact) mass is 442 g/mol. The van der Waals surface area contributed by atoms with Crippen molar-refractivity contribution in [3.63, 3.8) is 0 Å². The van der Waals surface area contributed by atoms with Crippen LogP contribution >= 0.6 is 11.3 Å². The number of carbonyl (C=O) groups is 1. The van der Waals surface area contributed by atoms with Crippen LogP contribution in [0.15, 0.2) is 12.4 Å². The van der Waals surface area contributed by atoms with Crippen LogP contribution in [0.3, 0.4) is 0 Å². The van der Waals surface area contributed by atoms with Gasteiger partial charge in [0.15, 0.2) is 0 Å². The third-order valence-corrected chi connectivity index (χ3v) is 7.02. The van der Waals surface area contributed by atoms with Crippen LogP contribution in [0.1, 0.15) is 30.6 Å². The van der Waals surface area contributed by atoms with E-state index in [1.807, 2.05) is 9.80 Å². The highest BCUT2D eigenvalue weighted by Gasteiger charge is 2.32. The molecule has 30 heavy (non-hydrogen) atoms. The number of nitrogens with zero attached hydrogens (tertiary/aromatic N) is 4. The second kappa shape index (κ2) is 8.66. The van der Waals surface area contributed by atoms with E-state index in [-0.39, 0.29) is 22.8 Å². The zero-order chi connectivity index (χ0) is 21.3. The van der Waals surface area contributed by atoms with Crippen LogP contribution in [0.2, 0.25) is 0 Å². The quantitative estimate of drug-likeness (QED) is 0.724. The van der Waals surface area contributed by atoms with E-state index in [1.165, 1.54) is 6.33 Å². The molecule has 6 nitrogen and oxygen atoms in total. The van der Waals surface area contributed by atoms with Crippen molar-refractivity contribution in [3.05, 3.63) is 17.3 Å². The van der Waals surface area contributed by atoms with Crippen molar-refractivity contribution in [1.29, 1.82) is 0 Å². The number of anilines is 1. The minimum absolute atomic E-state index is 0.0653. The van der Waals surface area contributed by atoms with Gasteiger partial charge < -0.3 is 14.5 Å². The molecule has 0 spiro atoms. The predicted octanol–water partition coefficient (Wildman–Crippen LogP) is 3.65. The van der Waals surface area contributed by atoms with Gasteiger partial charge in [-0.1, -0.05) is 0 Å². The van der Waals surface area contributed by atoms with E-state index >= 15 is 0 Å². The summed E-state index contributed by atoms with van der Waals surface area (Å²) in [4.78, 5) is 26.1. The molecular weight excluding hydrogens is 417 g/mol. The molecule has 0 atom stereocenters. The van der Waals surface area contributed by atoms with Crippen LogP contribution in [-0.2, 0) is 16.0 Å². The number of thiophene rings is 1. The second-order valence-corrected chi connectivity index (χ2v) is 9.06. The van der Waals surface area contributed by atoms with E-state index in [4.69, 9.17) is 4.74 Å². The lowest BCUT2D eigenvalue weighted by molar-refractivity contribution is -0.137. The Balaban J connectivity index is 1.40. The molecular formula is C20H25F3N4O2S. The number of halogens is 3. The number of alkyl halides is 3. The first-order chi connectivity index (χ1) is 14.3. The van der Waals surface area contributed by atoms with Crippen LogP contribution in [0.5, 0.6) is 0 Å². The molecule has 0 bridgehead atoms. The maximum Gasteiger partial charge on any atom is 0.393 e. The number of ether oxygens (including phenoxy) is 1. The molecule has 4 rings (SSSR count). The van der Waals surface area contributed by atoms with E-state index in [0.29, 0.717) is 42.2 Å². The topological polar surface area (TPSA) is 58.6 Å². The first-order valence-corrected chi connectivity index (χ1v) is 11.0. The van der Waals surface area contributed by atoms with E-state index in [9.17, 15) is 18.0 Å². The number of hydrogen-bond acceptors (Lipinski definition) is 6. The number of fused-ring (bicyclic) bond motifs is 1. The Morgan fingerprint density at radius 2 is 1.87 bits per heavy atom. The molecule has 164 valence electrons. The summed E-state index contributed by atoms with van der Waals surface area (Å²) < 4.78 is 43.7. The molecule has 1 aliphatic heterocycles. The maximum absolute atomic E-state index is 12.9. The van der Waals surface area contributed by atoms with Gasteiger partial charge in [-0.05, 0) is 31.7 Å². The molecule has 1 aliphatic carbocycles. The summed E-state index contributed by atoms with van der Waals surface area (Å²) >= 11 is 1.06. The van der Waals surface area contributed by atoms with Crippen molar-refractivity contribution in [2.45, 2.75) is 44.4 Å². The fraction of sp³-hybridized carbons (Fsp3) is 0.650. The summed E-state index contributed by atoms with van der Waals surface area (Å²) in [5.74, 6) is 0.924. The number of rotatable bonds is 4. The summed E-state index contributed by atoms with van der Waals surface area (Å²) in [5.41, 5.74) is 0. The van der Waals surface area contributed by atoms with Crippen LogP contribution in [0, 0.1) is 5.92 Å². The molecule has 2 aromatic rings. The highest BCUT2D eigenvalue weighted by Crippen LogP contribution is 2.34. The van der Waals surface area contributed by atoms with Gasteiger partial charge in [-0.2, -0.15) is 13.2 Å². The van der Waals surface area contributed by atoms with Crippen molar-refractivity contribution in [2.75, 3.05) is 38.2 Å². The standard InChI is InChI=1S/C20H25F3N4O2S/c1-29-14-4-2-13(3-5-14)19(28)27-8-6-26(7-9-27)17-16-10-15(11-20(21,22)23)30-18(16)25-12-24-17/h10,12-14H,2-9,11H2,1H3/t13-,14-. The van der Waals surface area contributed by atoms with Crippen molar-refractivity contribution in [3.8, 4) is 0 Å². The normalized spacial score (nSPS) is 23.2. The Morgan fingerprint density at radius 3 is 2.50 bits per heavy atom. The highest BCUT2D eigenvalue weighted by atomic mass is 32.1. The molecule has 0 unspecified atom stereocenters. The summed E-state index contributed by atoms with van der Waals surface area (Å²) in [6.07, 6.45) is 0.0244. The van der Waals surface area contributed by atoms with Gasteiger partial charge in [0.05, 0.1) is 17.9 Å². The number of carbonyl (C=O) groups excluding carboxylic acids is 1. The molecule has 1 amide bonds. The van der Waals surface area contributed by atoms with Gasteiger partial charge in [0.1, 0.15) is 17.0 Å². The summed E-state index contributed by atoms with van der Waals surface area (Å²) in [6.45, 7) is 2.40. The van der Waals surface area contributed by atoms with Crippen molar-refractivity contribution < 1.29 is 22.7 Å². The third-order valence-electron chi connectivity index (χ3n) is 5.98. The Kier molecular flexibility index (Phi) is 6.15. The lowest BCUT2D eigenvalue weighted by atomic mass is 9.86. The largest absolute Gasteiger partial charge is 0.393 e. The second-order valence-electron chi connectivity index (χ2n) is 7.94. The van der Waals surface area contributed by atoms with Gasteiger partial charge in [-0.3, -0.25) is 4.79 Å². The first kappa shape index (κ1) is 21.3. The van der Waals surface area contributed by atoms with Crippen LogP contribution in [0.25, 0.3) is 10.2 Å². The van der Waals surface area contributed by atoms with E-state index in [0.717, 1.165) is 37.0 Å². The average molecular weight is 443 g/mol. The molecule has 2 aromatic heterocycles. The molecule has 2 aliphatic rings. The van der Waals surface area contributed by atoms with Crippen LogP contribution < -0.4 is 4.90 Å². The fourth-order valence-electron chi connectivity index (χ4n) is 4.37. The Bertz CT molecular complexity index is 888. The van der Waals surface area contributed by atoms with Gasteiger partial charge in [-0.15, -0.1) is 11.3 Å². The van der Waals surface area contributed by atoms with Crippen LogP contribution in [-0.4, -0.2) is 66.3 Å². The molecule has 0 radical (unpaired) electrons. The minimum Gasteiger partial charge on any atom is -0.381 e. The molecule has 1 saturated carbocycles. The third kappa shape index (κ3) is 4.69. The van der Waals surface area contributed by atoms with E-state index < -0.39 is 12.6 Å². The number of aromatic nitrogens is 2. The summed E-state index contributed by atoms with van der Waals surface area (Å²) in [5, 5.41) is 0.652. The number of piperazine rings is 1. The van der Waals surface area contributed by atoms with E-state index in [2.05, 4.69) is 9.97 Å². The SMILES string of the molecule is CO[C@H]1CC[C@H](C(=O)N2CCN(c3ncnc4sc(CC(F)(F)F)cc34)CC2)CC1. The summed E-state index contributed by atoms with van der Waals surface area (Å²) in [6, 6.07) is 1.55. The van der Waals surface area contributed by atoms with Gasteiger partial charge in [0.25, 0.3) is 0 Å². The zero-order valence-electron chi connectivity index (χ0n) is 16.8. The average Bonchev–Trinajstić information content (AvgIpc) is 3.14. The molecule has 0 aromatic carbocycles. The van der Waals surface area contributed by atoms with Gasteiger partial charge >= 0.3 is 6.18 Å². The lowest BCUT2D eigenvalue weighted by Gasteiger charge is -2.38. The highest BCUT2D eigenvalue weighted by molar-refractivity contribution is 7.18. The van der Waals surface area contributed by atoms with Crippen LogP contribution in [0.4, 0.5) is 19.0 Å². The Morgan fingerprint density at radius 1 is 1.17 bits per heavy atom. The molecule has 0 N–H and O–H groups in total. The lowest BCUT2D eigenvalue weighted by Crippen LogP contribution is -2.51. The summed E-state index contributed by atoms with van der Waals surface area (Å²) in [7, 11) is 1.72. The zero-order valence-corrected chi connectivity index (χ0v) is 17.6. The van der Waals surface area contributed by atoms with Crippen molar-refractivity contribution in [2.24, 2.45) is 5.92 Å². The molecule has 1 saturated heterocycles. The van der Waals surface area contributed by atoms with Gasteiger partial charge in [0.2, 0.25) is 5.91 Å². The van der Waals surface area contributed by atoms with Gasteiger partial charge in [-0.25, -0.2) is 9.97 Å². The van der Waals surface area contributed by atoms with Crippen molar-refractivity contribution in [1.82, 2.24) is 14.9 Å². The van der Waals surface area contributed by atoms with E-state index in [1.54, 1.807) is 13.2 Å². The number of hydrogen-bond donors (Lipinski definition) is 0. The maximum atomic E-state index is 12.9. The van der Waals surface area contributed by atoms with Crippen molar-refractivity contribution >= 4 is 33.3 Å². The fourth-order valence-corrected chi connectivity index (χ4v) is 5.39. The number of methoxy groups -OCH3 is 1. The number of amides is 1. The molecule has 2 fully saturated rings. The Labute approximate surface area is 177 Å². The smallest absolute Gasteiger partial charge is 0.381 e. The molecule has 10 heteroatoms. The van der Waals surface area contributed by atoms with Gasteiger partial charge in [0, 0.05) is 44.1 Å². The minimum atomic E-state index is -4.25. The first-order valence-electron chi connectivity index (χ1n) is 10.2. The predicted molar refractivity (Wildman–Crippen MR) is 109 cm³/mol.